The van der Waals surface area contributed by atoms with Crippen molar-refractivity contribution in [3.63, 3.8) is 0 Å². The van der Waals surface area contributed by atoms with Crippen LogP contribution in [-0.2, 0) is 19.2 Å². The molecule has 0 spiro atoms. The lowest BCUT2D eigenvalue weighted by Gasteiger charge is -2.28. The quantitative estimate of drug-likeness (QED) is 0.531. The van der Waals surface area contributed by atoms with Crippen LogP contribution in [-0.4, -0.2) is 41.8 Å². The zero-order valence-electron chi connectivity index (χ0n) is 17.5. The molecule has 0 heterocycles. The molecule has 0 radical (unpaired) electrons. The number of ether oxygens (including phenoxy) is 1. The molecule has 2 amide bonds. The number of nitrogens with one attached hydrogen (secondary N) is 2. The van der Waals surface area contributed by atoms with Crippen LogP contribution >= 0.6 is 0 Å². The first-order valence-corrected chi connectivity index (χ1v) is 10.1. The van der Waals surface area contributed by atoms with Gasteiger partial charge in [0.15, 0.2) is 6.61 Å². The molecule has 3 rings (SSSR count). The van der Waals surface area contributed by atoms with Gasteiger partial charge in [-0.2, -0.15) is 0 Å². The molecule has 0 aliphatic heterocycles. The van der Waals surface area contributed by atoms with Gasteiger partial charge in [-0.1, -0.05) is 61.9 Å². The number of benzene rings is 2. The van der Waals surface area contributed by atoms with Gasteiger partial charge in [-0.25, -0.2) is 15.1 Å². The molecule has 8 heteroatoms. The van der Waals surface area contributed by atoms with Crippen molar-refractivity contribution >= 4 is 18.0 Å². The van der Waals surface area contributed by atoms with Crippen LogP contribution in [0.25, 0.3) is 11.1 Å². The first-order valence-electron chi connectivity index (χ1n) is 10.1. The van der Waals surface area contributed by atoms with E-state index >= 15 is 0 Å². The highest BCUT2D eigenvalue weighted by Gasteiger charge is 2.36. The van der Waals surface area contributed by atoms with Gasteiger partial charge in [-0.05, 0) is 35.6 Å². The van der Waals surface area contributed by atoms with E-state index in [0.717, 1.165) is 22.3 Å². The van der Waals surface area contributed by atoms with Crippen LogP contribution in [0.5, 0.6) is 0 Å². The van der Waals surface area contributed by atoms with Crippen LogP contribution in [0.3, 0.4) is 0 Å². The molecule has 0 saturated heterocycles. The number of hydrogen-bond acceptors (Lipinski definition) is 5. The van der Waals surface area contributed by atoms with Gasteiger partial charge in [0.05, 0.1) is 0 Å². The van der Waals surface area contributed by atoms with Crippen molar-refractivity contribution in [3.05, 3.63) is 59.7 Å². The molecule has 1 aliphatic rings. The summed E-state index contributed by atoms with van der Waals surface area (Å²) in [5.41, 5.74) is 5.20. The lowest BCUT2D eigenvalue weighted by atomic mass is 9.95. The summed E-state index contributed by atoms with van der Waals surface area (Å²) in [6, 6.07) is 16.0. The average molecular weight is 426 g/mol. The van der Waals surface area contributed by atoms with Crippen molar-refractivity contribution in [1.29, 1.82) is 0 Å². The van der Waals surface area contributed by atoms with Crippen molar-refractivity contribution in [2.45, 2.75) is 38.1 Å². The minimum absolute atomic E-state index is 0.0942. The Morgan fingerprint density at radius 2 is 1.61 bits per heavy atom. The Bertz CT molecular complexity index is 931. The summed E-state index contributed by atoms with van der Waals surface area (Å²) >= 11 is 0. The Labute approximate surface area is 180 Å². The maximum Gasteiger partial charge on any atom is 0.408 e. The Morgan fingerprint density at radius 1 is 1.03 bits per heavy atom. The zero-order chi connectivity index (χ0) is 22.4. The van der Waals surface area contributed by atoms with Gasteiger partial charge in [0, 0.05) is 5.92 Å². The predicted molar refractivity (Wildman–Crippen MR) is 113 cm³/mol. The van der Waals surface area contributed by atoms with E-state index in [2.05, 4.69) is 15.6 Å². The standard InChI is InChI=1S/C23H26N2O6/c1-3-12-23(2,21(28)25-31-14-20(26)27)24-22(29)30-13-19-17-10-6-4-8-15(17)16-9-5-7-11-18(16)19/h4-11,19H,3,12-14H2,1-2H3,(H,24,29)(H,25,28)(H,26,27). The number of carbonyl (C=O) groups excluding carboxylic acids is 2. The van der Waals surface area contributed by atoms with Crippen LogP contribution in [0.2, 0.25) is 0 Å². The Kier molecular flexibility index (Phi) is 6.91. The number of carboxylic acid groups (broad SMARTS) is 1. The van der Waals surface area contributed by atoms with Gasteiger partial charge >= 0.3 is 12.1 Å². The fourth-order valence-corrected chi connectivity index (χ4v) is 3.87. The second-order valence-electron chi connectivity index (χ2n) is 7.65. The normalized spacial score (nSPS) is 14.1. The van der Waals surface area contributed by atoms with E-state index in [0.29, 0.717) is 12.8 Å². The monoisotopic (exact) mass is 426 g/mol. The highest BCUT2D eigenvalue weighted by molar-refractivity contribution is 5.89. The number of amides is 2. The van der Waals surface area contributed by atoms with Crippen LogP contribution in [0.1, 0.15) is 43.7 Å². The molecule has 1 atom stereocenters. The second kappa shape index (κ2) is 9.61. The lowest BCUT2D eigenvalue weighted by Crippen LogP contribution is -2.57. The molecule has 3 N–H and O–H groups in total. The van der Waals surface area contributed by atoms with Gasteiger partial charge < -0.3 is 15.2 Å². The van der Waals surface area contributed by atoms with Crippen molar-refractivity contribution in [3.8, 4) is 11.1 Å². The number of carbonyl (C=O) groups is 3. The van der Waals surface area contributed by atoms with Gasteiger partial charge in [-0.3, -0.25) is 9.63 Å². The summed E-state index contributed by atoms with van der Waals surface area (Å²) in [6.07, 6.45) is 0.192. The third-order valence-corrected chi connectivity index (χ3v) is 5.33. The fourth-order valence-electron chi connectivity index (χ4n) is 3.87. The minimum Gasteiger partial charge on any atom is -0.479 e. The molecule has 0 saturated carbocycles. The molecular formula is C23H26N2O6. The van der Waals surface area contributed by atoms with E-state index in [1.54, 1.807) is 0 Å². The Morgan fingerprint density at radius 3 is 2.16 bits per heavy atom. The minimum atomic E-state index is -1.31. The van der Waals surface area contributed by atoms with E-state index < -0.39 is 30.1 Å². The molecule has 8 nitrogen and oxygen atoms in total. The summed E-state index contributed by atoms with van der Waals surface area (Å²) in [5.74, 6) is -1.96. The first kappa shape index (κ1) is 22.3. The number of alkyl carbamates (subject to hydrolysis) is 1. The van der Waals surface area contributed by atoms with E-state index in [4.69, 9.17) is 9.84 Å². The molecule has 2 aromatic carbocycles. The topological polar surface area (TPSA) is 114 Å². The van der Waals surface area contributed by atoms with Crippen molar-refractivity contribution in [2.24, 2.45) is 0 Å². The third kappa shape index (κ3) is 5.03. The van der Waals surface area contributed by atoms with Gasteiger partial charge in [0.2, 0.25) is 0 Å². The van der Waals surface area contributed by atoms with E-state index in [1.165, 1.54) is 6.92 Å². The van der Waals surface area contributed by atoms with Crippen LogP contribution in [0.15, 0.2) is 48.5 Å². The number of rotatable bonds is 9. The van der Waals surface area contributed by atoms with Crippen molar-refractivity contribution < 1.29 is 29.1 Å². The third-order valence-electron chi connectivity index (χ3n) is 5.33. The summed E-state index contributed by atoms with van der Waals surface area (Å²) in [5, 5.41) is 11.2. The van der Waals surface area contributed by atoms with Crippen LogP contribution in [0, 0.1) is 0 Å². The molecule has 0 bridgehead atoms. The molecular weight excluding hydrogens is 400 g/mol. The number of carboxylic acids is 1. The van der Waals surface area contributed by atoms with E-state index in [1.807, 2.05) is 55.5 Å². The summed E-state index contributed by atoms with van der Waals surface area (Å²) in [7, 11) is 0. The van der Waals surface area contributed by atoms with Gasteiger partial charge in [-0.15, -0.1) is 0 Å². The molecule has 2 aromatic rings. The largest absolute Gasteiger partial charge is 0.479 e. The number of fused-ring (bicyclic) bond motifs is 3. The Hall–Kier alpha value is -3.39. The highest BCUT2D eigenvalue weighted by atomic mass is 16.7. The lowest BCUT2D eigenvalue weighted by molar-refractivity contribution is -0.151. The zero-order valence-corrected chi connectivity index (χ0v) is 17.5. The molecule has 31 heavy (non-hydrogen) atoms. The predicted octanol–water partition coefficient (Wildman–Crippen LogP) is 3.22. The summed E-state index contributed by atoms with van der Waals surface area (Å²) in [6.45, 7) is 2.85. The van der Waals surface area contributed by atoms with Gasteiger partial charge in [0.1, 0.15) is 12.1 Å². The van der Waals surface area contributed by atoms with Crippen molar-refractivity contribution in [1.82, 2.24) is 10.8 Å². The first-order chi connectivity index (χ1) is 14.9. The maximum atomic E-state index is 12.6. The highest BCUT2D eigenvalue weighted by Crippen LogP contribution is 2.44. The van der Waals surface area contributed by atoms with E-state index in [9.17, 15) is 14.4 Å². The molecule has 1 aliphatic carbocycles. The number of hydrogen-bond donors (Lipinski definition) is 3. The maximum absolute atomic E-state index is 12.6. The molecule has 164 valence electrons. The number of hydroxylamine groups is 1. The summed E-state index contributed by atoms with van der Waals surface area (Å²) < 4.78 is 5.51. The number of aliphatic carboxylic acids is 1. The SMILES string of the molecule is CCCC(C)(NC(=O)OCC1c2ccccc2-c2ccccc21)C(=O)NOCC(=O)O. The molecule has 0 fully saturated rings. The second-order valence-corrected chi connectivity index (χ2v) is 7.65. The summed E-state index contributed by atoms with van der Waals surface area (Å²) in [4.78, 5) is 40.2. The van der Waals surface area contributed by atoms with E-state index in [-0.39, 0.29) is 12.5 Å². The van der Waals surface area contributed by atoms with Crippen molar-refractivity contribution in [2.75, 3.05) is 13.2 Å². The Balaban J connectivity index is 1.66. The molecule has 0 aromatic heterocycles. The van der Waals surface area contributed by atoms with Gasteiger partial charge in [0.25, 0.3) is 5.91 Å². The molecule has 1 unspecified atom stereocenters. The average Bonchev–Trinajstić information content (AvgIpc) is 3.06. The van der Waals surface area contributed by atoms with Crippen LogP contribution in [0.4, 0.5) is 4.79 Å². The fraction of sp³-hybridized carbons (Fsp3) is 0.348. The smallest absolute Gasteiger partial charge is 0.408 e. The van der Waals surface area contributed by atoms with Crippen LogP contribution < -0.4 is 10.8 Å².